The Kier molecular flexibility index (Phi) is 7.39. The number of hydrogen-bond acceptors (Lipinski definition) is 4. The summed E-state index contributed by atoms with van der Waals surface area (Å²) < 4.78 is 22.9. The van der Waals surface area contributed by atoms with Crippen LogP contribution in [0.3, 0.4) is 0 Å². The van der Waals surface area contributed by atoms with Gasteiger partial charge >= 0.3 is 13.7 Å². The summed E-state index contributed by atoms with van der Waals surface area (Å²) in [5, 5.41) is 2.48. The molecule has 0 fully saturated rings. The summed E-state index contributed by atoms with van der Waals surface area (Å²) in [5.74, 6) is -1.10. The van der Waals surface area contributed by atoms with Gasteiger partial charge in [0.05, 0.1) is 6.10 Å². The lowest BCUT2D eigenvalue weighted by atomic mass is 10.1. The van der Waals surface area contributed by atoms with Crippen LogP contribution in [-0.4, -0.2) is 22.9 Å². The SMILES string of the molecule is CC(C)OP(=O)(O)C(Cc1ccccc1)NC(=O)OCc1ccccc1. The van der Waals surface area contributed by atoms with Crippen LogP contribution >= 0.6 is 7.60 Å². The van der Waals surface area contributed by atoms with Gasteiger partial charge in [-0.1, -0.05) is 60.7 Å². The second-order valence-electron chi connectivity index (χ2n) is 6.13. The molecule has 2 aromatic carbocycles. The Balaban J connectivity index is 2.05. The number of nitrogens with one attached hydrogen (secondary N) is 1. The van der Waals surface area contributed by atoms with Gasteiger partial charge in [-0.25, -0.2) is 4.79 Å². The van der Waals surface area contributed by atoms with Crippen LogP contribution in [0.1, 0.15) is 25.0 Å². The van der Waals surface area contributed by atoms with Crippen LogP contribution in [0.2, 0.25) is 0 Å². The number of ether oxygens (including phenoxy) is 1. The predicted octanol–water partition coefficient (Wildman–Crippen LogP) is 4.09. The fraction of sp³-hybridized carbons (Fsp3) is 0.316. The first kappa shape index (κ1) is 20.2. The molecule has 1 amide bonds. The van der Waals surface area contributed by atoms with Gasteiger partial charge in [-0.3, -0.25) is 4.57 Å². The fourth-order valence-electron chi connectivity index (χ4n) is 2.36. The van der Waals surface area contributed by atoms with Crippen molar-refractivity contribution in [3.05, 3.63) is 71.8 Å². The third-order valence-corrected chi connectivity index (χ3v) is 5.35. The molecule has 0 aliphatic heterocycles. The van der Waals surface area contributed by atoms with E-state index in [9.17, 15) is 14.3 Å². The molecule has 26 heavy (non-hydrogen) atoms. The van der Waals surface area contributed by atoms with E-state index in [1.807, 2.05) is 60.7 Å². The first-order valence-corrected chi connectivity index (χ1v) is 10.0. The molecule has 0 aliphatic rings. The Labute approximate surface area is 153 Å². The molecule has 0 spiro atoms. The maximum absolute atomic E-state index is 12.6. The predicted molar refractivity (Wildman–Crippen MR) is 99.7 cm³/mol. The molecule has 2 N–H and O–H groups in total. The second kappa shape index (κ2) is 9.53. The summed E-state index contributed by atoms with van der Waals surface area (Å²) in [6.07, 6.45) is -1.07. The minimum Gasteiger partial charge on any atom is -0.445 e. The molecule has 2 aromatic rings. The Morgan fingerprint density at radius 1 is 1.04 bits per heavy atom. The number of carbonyl (C=O) groups is 1. The molecular formula is C19H24NO5P. The van der Waals surface area contributed by atoms with Crippen molar-refractivity contribution in [2.45, 2.75) is 38.8 Å². The third-order valence-electron chi connectivity index (χ3n) is 3.52. The molecule has 0 saturated carbocycles. The normalized spacial score (nSPS) is 14.5. The van der Waals surface area contributed by atoms with Gasteiger partial charge in [0.25, 0.3) is 0 Å². The van der Waals surface area contributed by atoms with Crippen LogP contribution in [0, 0.1) is 0 Å². The molecule has 0 saturated heterocycles. The standard InChI is InChI=1S/C19H24NO5P/c1-15(2)25-26(22,23)18(13-16-9-5-3-6-10-16)20-19(21)24-14-17-11-7-4-8-12-17/h3-12,15,18H,13-14H2,1-2H3,(H,20,21)(H,22,23). The molecule has 2 rings (SSSR count). The van der Waals surface area contributed by atoms with Gasteiger partial charge in [0.15, 0.2) is 0 Å². The molecule has 2 unspecified atom stereocenters. The zero-order chi connectivity index (χ0) is 19.0. The minimum atomic E-state index is -4.09. The minimum absolute atomic E-state index is 0.0749. The van der Waals surface area contributed by atoms with Crippen LogP contribution in [0.15, 0.2) is 60.7 Å². The lowest BCUT2D eigenvalue weighted by Gasteiger charge is -2.25. The molecule has 0 heterocycles. The monoisotopic (exact) mass is 377 g/mol. The van der Waals surface area contributed by atoms with E-state index < -0.39 is 25.6 Å². The molecule has 2 atom stereocenters. The smallest absolute Gasteiger partial charge is 0.408 e. The van der Waals surface area contributed by atoms with Crippen molar-refractivity contribution < 1.29 is 23.5 Å². The van der Waals surface area contributed by atoms with Crippen molar-refractivity contribution in [2.24, 2.45) is 0 Å². The van der Waals surface area contributed by atoms with Gasteiger partial charge in [-0.2, -0.15) is 0 Å². The lowest BCUT2D eigenvalue weighted by Crippen LogP contribution is -2.37. The van der Waals surface area contributed by atoms with E-state index in [4.69, 9.17) is 9.26 Å². The number of alkyl carbamates (subject to hydrolysis) is 1. The average molecular weight is 377 g/mol. The summed E-state index contributed by atoms with van der Waals surface area (Å²) in [7, 11) is -4.09. The van der Waals surface area contributed by atoms with Crippen molar-refractivity contribution in [2.75, 3.05) is 0 Å². The number of hydrogen-bond donors (Lipinski definition) is 2. The average Bonchev–Trinajstić information content (AvgIpc) is 2.60. The van der Waals surface area contributed by atoms with Crippen LogP contribution in [0.5, 0.6) is 0 Å². The summed E-state index contributed by atoms with van der Waals surface area (Å²) in [6, 6.07) is 18.3. The second-order valence-corrected chi connectivity index (χ2v) is 8.09. The zero-order valence-electron chi connectivity index (χ0n) is 14.9. The number of rotatable bonds is 8. The molecule has 0 radical (unpaired) electrons. The highest BCUT2D eigenvalue weighted by atomic mass is 31.2. The molecule has 7 heteroatoms. The topological polar surface area (TPSA) is 84.9 Å². The van der Waals surface area contributed by atoms with E-state index in [0.717, 1.165) is 11.1 Å². The van der Waals surface area contributed by atoms with Gasteiger partial charge in [0.1, 0.15) is 12.4 Å². The Morgan fingerprint density at radius 3 is 2.12 bits per heavy atom. The van der Waals surface area contributed by atoms with Gasteiger partial charge < -0.3 is 19.5 Å². The molecule has 0 bridgehead atoms. The van der Waals surface area contributed by atoms with Crippen molar-refractivity contribution >= 4 is 13.7 Å². The summed E-state index contributed by atoms with van der Waals surface area (Å²) in [5.41, 5.74) is 1.63. The van der Waals surface area contributed by atoms with Gasteiger partial charge in [-0.15, -0.1) is 0 Å². The maximum Gasteiger partial charge on any atom is 0.408 e. The molecule has 140 valence electrons. The third kappa shape index (κ3) is 6.64. The van der Waals surface area contributed by atoms with Crippen LogP contribution < -0.4 is 5.32 Å². The van der Waals surface area contributed by atoms with Crippen molar-refractivity contribution in [1.29, 1.82) is 0 Å². The summed E-state index contributed by atoms with van der Waals surface area (Å²) in [6.45, 7) is 3.40. The highest BCUT2D eigenvalue weighted by Crippen LogP contribution is 2.48. The van der Waals surface area contributed by atoms with Crippen molar-refractivity contribution in [3.8, 4) is 0 Å². The Bertz CT molecular complexity index is 736. The summed E-state index contributed by atoms with van der Waals surface area (Å²) in [4.78, 5) is 22.4. The Hall–Kier alpha value is -2.14. The Morgan fingerprint density at radius 2 is 1.58 bits per heavy atom. The van der Waals surface area contributed by atoms with Crippen molar-refractivity contribution in [3.63, 3.8) is 0 Å². The highest BCUT2D eigenvalue weighted by Gasteiger charge is 2.35. The molecule has 0 aromatic heterocycles. The van der Waals surface area contributed by atoms with Gasteiger partial charge in [0, 0.05) is 6.42 Å². The molecule has 0 aliphatic carbocycles. The van der Waals surface area contributed by atoms with E-state index >= 15 is 0 Å². The highest BCUT2D eigenvalue weighted by molar-refractivity contribution is 7.53. The zero-order valence-corrected chi connectivity index (χ0v) is 15.8. The van der Waals surface area contributed by atoms with Crippen LogP contribution in [0.4, 0.5) is 4.79 Å². The van der Waals surface area contributed by atoms with E-state index in [-0.39, 0.29) is 13.0 Å². The summed E-state index contributed by atoms with van der Waals surface area (Å²) >= 11 is 0. The largest absolute Gasteiger partial charge is 0.445 e. The number of carbonyl (C=O) groups excluding carboxylic acids is 1. The fourth-order valence-corrected chi connectivity index (χ4v) is 3.82. The van der Waals surface area contributed by atoms with Crippen LogP contribution in [-0.2, 0) is 26.9 Å². The van der Waals surface area contributed by atoms with E-state index in [2.05, 4.69) is 5.32 Å². The maximum atomic E-state index is 12.6. The lowest BCUT2D eigenvalue weighted by molar-refractivity contribution is 0.134. The van der Waals surface area contributed by atoms with E-state index in [0.29, 0.717) is 0 Å². The first-order chi connectivity index (χ1) is 12.4. The number of amides is 1. The van der Waals surface area contributed by atoms with E-state index in [1.165, 1.54) is 0 Å². The molecule has 6 nitrogen and oxygen atoms in total. The van der Waals surface area contributed by atoms with E-state index in [1.54, 1.807) is 13.8 Å². The number of benzene rings is 2. The van der Waals surface area contributed by atoms with Gasteiger partial charge in [-0.05, 0) is 25.0 Å². The van der Waals surface area contributed by atoms with Gasteiger partial charge in [0.2, 0.25) is 0 Å². The van der Waals surface area contributed by atoms with Crippen LogP contribution in [0.25, 0.3) is 0 Å². The molecular weight excluding hydrogens is 353 g/mol. The van der Waals surface area contributed by atoms with Crippen molar-refractivity contribution in [1.82, 2.24) is 5.32 Å². The quantitative estimate of drug-likeness (QED) is 0.677. The first-order valence-electron chi connectivity index (χ1n) is 8.39.